The van der Waals surface area contributed by atoms with E-state index in [9.17, 15) is 0 Å². The van der Waals surface area contributed by atoms with Crippen molar-refractivity contribution in [1.29, 1.82) is 0 Å². The standard InChI is InChI=1S/C3H8N2O.2HNO3.Pt/c1-2(4)3(5)6;2*2-1(3)4;/h2-6H,1H3;2*(H,2,3,4);/q-2;;;+2. The molecular weight excluding hydrogens is 399 g/mol. The van der Waals surface area contributed by atoms with Gasteiger partial charge in [-0.2, -0.15) is 0 Å². The van der Waals surface area contributed by atoms with E-state index in [1.54, 1.807) is 0 Å². The van der Waals surface area contributed by atoms with Crippen molar-refractivity contribution in [2.45, 2.75) is 19.2 Å². The zero-order valence-corrected chi connectivity index (χ0v) is 9.61. The summed E-state index contributed by atoms with van der Waals surface area (Å²) in [6.07, 6.45) is -1.23. The van der Waals surface area contributed by atoms with Crippen LogP contribution in [0.2, 0.25) is 0 Å². The number of aliphatic hydroxyl groups is 1. The Hall–Kier alpha value is -1.03. The SMILES string of the molecule is CC([NH-])C([NH-])O.O=[N+]([O-])O.O=[N+]([O-])O.[Pt+2]. The van der Waals surface area contributed by atoms with Crippen LogP contribution in [0.15, 0.2) is 0 Å². The van der Waals surface area contributed by atoms with E-state index in [4.69, 9.17) is 47.2 Å². The largest absolute Gasteiger partial charge is 2.00 e. The number of nitrogens with zero attached hydrogens (tertiary/aromatic N) is 2. The second-order valence-electron chi connectivity index (χ2n) is 1.71. The van der Waals surface area contributed by atoms with Crippen molar-refractivity contribution in [1.82, 2.24) is 0 Å². The minimum absolute atomic E-state index is 0. The third-order valence-electron chi connectivity index (χ3n) is 0.474. The molecule has 0 radical (unpaired) electrons. The Morgan fingerprint density at radius 1 is 1.13 bits per heavy atom. The van der Waals surface area contributed by atoms with E-state index in [0.29, 0.717) is 0 Å². The quantitative estimate of drug-likeness (QED) is 0.403. The van der Waals surface area contributed by atoms with E-state index in [0.717, 1.165) is 0 Å². The van der Waals surface area contributed by atoms with Gasteiger partial charge in [0.25, 0.3) is 10.2 Å². The molecule has 2 unspecified atom stereocenters. The van der Waals surface area contributed by atoms with E-state index in [1.165, 1.54) is 6.92 Å². The summed E-state index contributed by atoms with van der Waals surface area (Å²) in [4.78, 5) is 16.7. The smallest absolute Gasteiger partial charge is 0.674 e. The fourth-order valence-electron chi connectivity index (χ4n) is 0. The van der Waals surface area contributed by atoms with Crippen molar-refractivity contribution in [3.63, 3.8) is 0 Å². The number of aliphatic hydroxyl groups excluding tert-OH is 1. The average molecular weight is 409 g/mol. The second kappa shape index (κ2) is 15.4. The van der Waals surface area contributed by atoms with E-state index < -0.39 is 22.4 Å². The summed E-state index contributed by atoms with van der Waals surface area (Å²) in [6, 6.07) is -0.676. The molecule has 0 heterocycles. The summed E-state index contributed by atoms with van der Waals surface area (Å²) < 4.78 is 0. The fraction of sp³-hybridized carbons (Fsp3) is 1.00. The molecule has 0 rings (SSSR count). The van der Waals surface area contributed by atoms with Crippen LogP contribution in [0.4, 0.5) is 0 Å². The van der Waals surface area contributed by atoms with Crippen LogP contribution in [0.25, 0.3) is 11.5 Å². The predicted molar refractivity (Wildman–Crippen MR) is 41.7 cm³/mol. The first kappa shape index (κ1) is 23.6. The third kappa shape index (κ3) is 177. The van der Waals surface area contributed by atoms with Crippen LogP contribution < -0.4 is 0 Å². The van der Waals surface area contributed by atoms with E-state index in [2.05, 4.69) is 0 Å². The van der Waals surface area contributed by atoms with Crippen molar-refractivity contribution in [3.8, 4) is 0 Å². The van der Waals surface area contributed by atoms with Gasteiger partial charge in [0.05, 0.1) is 0 Å². The summed E-state index contributed by atoms with van der Waals surface area (Å²) in [6.45, 7) is 1.47. The molecule has 0 amide bonds. The minimum atomic E-state index is -1.50. The molecule has 0 aliphatic heterocycles. The molecule has 0 spiro atoms. The molecule has 0 aliphatic carbocycles. The molecule has 0 saturated carbocycles. The van der Waals surface area contributed by atoms with Gasteiger partial charge in [0, 0.05) is 0 Å². The van der Waals surface area contributed by atoms with Crippen LogP contribution in [0.1, 0.15) is 6.92 Å². The zero-order chi connectivity index (χ0) is 12.3. The van der Waals surface area contributed by atoms with Crippen molar-refractivity contribution in [3.05, 3.63) is 31.7 Å². The fourth-order valence-corrected chi connectivity index (χ4v) is 0. The van der Waals surface area contributed by atoms with Gasteiger partial charge in [-0.1, -0.05) is 13.2 Å². The van der Waals surface area contributed by atoms with Gasteiger partial charge in [0.2, 0.25) is 0 Å². The predicted octanol–water partition coefficient (Wildman–Crippen LogP) is 0.0998. The number of rotatable bonds is 1. The second-order valence-corrected chi connectivity index (χ2v) is 1.71. The van der Waals surface area contributed by atoms with Gasteiger partial charge < -0.3 is 27.0 Å². The first-order chi connectivity index (χ1) is 6.11. The van der Waals surface area contributed by atoms with Crippen LogP contribution in [-0.2, 0) is 21.1 Å². The first-order valence-corrected chi connectivity index (χ1v) is 2.88. The molecule has 12 heteroatoms. The van der Waals surface area contributed by atoms with Gasteiger partial charge in [-0.3, -0.25) is 0 Å². The monoisotopic (exact) mass is 409 g/mol. The van der Waals surface area contributed by atoms with E-state index >= 15 is 0 Å². The number of hydrogen-bond acceptors (Lipinski definition) is 5. The molecule has 5 N–H and O–H groups in total. The summed E-state index contributed by atoms with van der Waals surface area (Å²) in [5.41, 5.74) is 13.0. The Balaban J connectivity index is -0.0000000606. The maximum absolute atomic E-state index is 8.36. The maximum atomic E-state index is 8.36. The van der Waals surface area contributed by atoms with Crippen molar-refractivity contribution >= 4 is 0 Å². The molecular formula is C3H10N4O7Pt. The van der Waals surface area contributed by atoms with E-state index in [-0.39, 0.29) is 21.1 Å². The zero-order valence-electron chi connectivity index (χ0n) is 7.34. The molecule has 0 saturated heterocycles. The topological polar surface area (TPSA) is 195 Å². The molecule has 0 fully saturated rings. The van der Waals surface area contributed by atoms with Crippen LogP contribution in [0.5, 0.6) is 0 Å². The van der Waals surface area contributed by atoms with E-state index in [1.807, 2.05) is 0 Å². The van der Waals surface area contributed by atoms with Crippen LogP contribution in [0.3, 0.4) is 0 Å². The molecule has 0 aliphatic rings. The summed E-state index contributed by atoms with van der Waals surface area (Å²) in [5, 5.41) is 35.4. The van der Waals surface area contributed by atoms with Crippen LogP contribution in [-0.4, -0.2) is 38.0 Å². The molecule has 11 nitrogen and oxygen atoms in total. The van der Waals surface area contributed by atoms with Crippen LogP contribution >= 0.6 is 0 Å². The third-order valence-corrected chi connectivity index (χ3v) is 0.474. The summed E-state index contributed by atoms with van der Waals surface area (Å²) in [7, 11) is 0. The van der Waals surface area contributed by atoms with Crippen molar-refractivity contribution in [2.24, 2.45) is 0 Å². The normalized spacial score (nSPS) is 11.2. The van der Waals surface area contributed by atoms with Gasteiger partial charge in [-0.15, -0.1) is 26.3 Å². The minimum Gasteiger partial charge on any atom is -0.674 e. The van der Waals surface area contributed by atoms with Crippen LogP contribution in [0, 0.1) is 20.2 Å². The molecule has 0 aromatic heterocycles. The Bertz CT molecular complexity index is 138. The molecule has 2 atom stereocenters. The van der Waals surface area contributed by atoms with Crippen molar-refractivity contribution < 1.29 is 46.8 Å². The summed E-state index contributed by atoms with van der Waals surface area (Å²) >= 11 is 0. The first-order valence-electron chi connectivity index (χ1n) is 2.88. The Kier molecular flexibility index (Phi) is 24.3. The molecule has 15 heavy (non-hydrogen) atoms. The molecule has 0 bridgehead atoms. The van der Waals surface area contributed by atoms with Gasteiger partial charge in [0.15, 0.2) is 0 Å². The van der Waals surface area contributed by atoms with Crippen molar-refractivity contribution in [2.75, 3.05) is 0 Å². The Labute approximate surface area is 98.1 Å². The number of nitrogens with one attached hydrogen (secondary N) is 2. The van der Waals surface area contributed by atoms with Gasteiger partial charge in [0.1, 0.15) is 0 Å². The molecule has 0 aromatic carbocycles. The molecule has 94 valence electrons. The maximum Gasteiger partial charge on any atom is 2.00 e. The van der Waals surface area contributed by atoms with Gasteiger partial charge in [-0.05, 0) is 0 Å². The average Bonchev–Trinajstić information content (AvgIpc) is 1.83. The van der Waals surface area contributed by atoms with Gasteiger partial charge >= 0.3 is 21.1 Å². The Morgan fingerprint density at radius 2 is 1.20 bits per heavy atom. The molecule has 0 aromatic rings. The van der Waals surface area contributed by atoms with Gasteiger partial charge in [-0.25, -0.2) is 0 Å². The number of hydrogen-bond donors (Lipinski definition) is 3. The Morgan fingerprint density at radius 3 is 1.20 bits per heavy atom. The summed E-state index contributed by atoms with van der Waals surface area (Å²) in [5.74, 6) is 0.